The van der Waals surface area contributed by atoms with E-state index in [4.69, 9.17) is 5.26 Å². The van der Waals surface area contributed by atoms with Crippen molar-refractivity contribution in [3.63, 3.8) is 0 Å². The van der Waals surface area contributed by atoms with Crippen LogP contribution in [0.25, 0.3) is 23.4 Å². The minimum Gasteiger partial charge on any atom is -0.435 e. The van der Waals surface area contributed by atoms with Crippen molar-refractivity contribution in [2.75, 3.05) is 0 Å². The first kappa shape index (κ1) is 20.0. The molecule has 1 N–H and O–H groups in total. The fourth-order valence-electron chi connectivity index (χ4n) is 2.55. The van der Waals surface area contributed by atoms with Gasteiger partial charge in [0.25, 0.3) is 0 Å². The van der Waals surface area contributed by atoms with Crippen molar-refractivity contribution in [2.24, 2.45) is 0 Å². The van der Waals surface area contributed by atoms with E-state index < -0.39 is 18.4 Å². The van der Waals surface area contributed by atoms with E-state index in [2.05, 4.69) is 20.1 Å². The molecule has 0 spiro atoms. The van der Waals surface area contributed by atoms with Crippen LogP contribution in [0.2, 0.25) is 0 Å². The third-order valence-corrected chi connectivity index (χ3v) is 3.77. The predicted octanol–water partition coefficient (Wildman–Crippen LogP) is 5.13. The smallest absolute Gasteiger partial charge is 0.416 e. The normalized spacial score (nSPS) is 11.8. The molecule has 0 amide bonds. The summed E-state index contributed by atoms with van der Waals surface area (Å²) in [7, 11) is 0. The number of H-pyrrole nitrogens is 1. The van der Waals surface area contributed by atoms with Crippen LogP contribution in [0.4, 0.5) is 22.0 Å². The van der Waals surface area contributed by atoms with Crippen LogP contribution in [0, 0.1) is 11.3 Å². The Hall–Kier alpha value is -3.74. The van der Waals surface area contributed by atoms with Gasteiger partial charge in [0.2, 0.25) is 0 Å². The molecule has 29 heavy (non-hydrogen) atoms. The molecular formula is C19H11F5N4O. The summed E-state index contributed by atoms with van der Waals surface area (Å²) in [5, 5.41) is 18.7. The Morgan fingerprint density at radius 3 is 2.52 bits per heavy atom. The van der Waals surface area contributed by atoms with Crippen molar-refractivity contribution >= 4 is 12.2 Å². The monoisotopic (exact) mass is 406 g/mol. The zero-order valence-electron chi connectivity index (χ0n) is 14.4. The quantitative estimate of drug-likeness (QED) is 0.471. The fourth-order valence-corrected chi connectivity index (χ4v) is 2.55. The molecule has 2 aromatic carbocycles. The van der Waals surface area contributed by atoms with Crippen molar-refractivity contribution in [3.8, 4) is 23.1 Å². The van der Waals surface area contributed by atoms with Gasteiger partial charge in [-0.05, 0) is 41.5 Å². The molecule has 0 aliphatic carbocycles. The van der Waals surface area contributed by atoms with Gasteiger partial charge in [-0.25, -0.2) is 5.10 Å². The summed E-state index contributed by atoms with van der Waals surface area (Å²) in [5.74, 6) is -0.201. The largest absolute Gasteiger partial charge is 0.435 e. The second-order valence-electron chi connectivity index (χ2n) is 5.77. The number of benzene rings is 2. The van der Waals surface area contributed by atoms with Gasteiger partial charge in [0.15, 0.2) is 5.69 Å². The van der Waals surface area contributed by atoms with Gasteiger partial charge in [-0.3, -0.25) is 0 Å². The lowest BCUT2D eigenvalue weighted by molar-refractivity contribution is -0.137. The zero-order valence-corrected chi connectivity index (χ0v) is 14.4. The Labute approximate surface area is 161 Å². The first-order valence-corrected chi connectivity index (χ1v) is 8.03. The number of ether oxygens (including phenoxy) is 1. The van der Waals surface area contributed by atoms with E-state index in [0.29, 0.717) is 5.56 Å². The second kappa shape index (κ2) is 8.10. The van der Waals surface area contributed by atoms with E-state index in [9.17, 15) is 22.0 Å². The molecule has 0 aliphatic rings. The number of aromatic nitrogens is 3. The van der Waals surface area contributed by atoms with E-state index in [1.165, 1.54) is 42.5 Å². The van der Waals surface area contributed by atoms with Crippen molar-refractivity contribution in [2.45, 2.75) is 12.8 Å². The minimum absolute atomic E-state index is 0.0204. The maximum absolute atomic E-state index is 12.8. The van der Waals surface area contributed by atoms with Gasteiger partial charge < -0.3 is 4.74 Å². The van der Waals surface area contributed by atoms with Gasteiger partial charge in [-0.1, -0.05) is 29.5 Å². The number of hydrogen-bond donors (Lipinski definition) is 1. The minimum atomic E-state index is -4.48. The van der Waals surface area contributed by atoms with Crippen LogP contribution in [-0.2, 0) is 6.18 Å². The molecule has 1 aromatic heterocycles. The number of aromatic amines is 1. The van der Waals surface area contributed by atoms with Crippen LogP contribution < -0.4 is 4.74 Å². The summed E-state index contributed by atoms with van der Waals surface area (Å²) in [6.07, 6.45) is -1.65. The van der Waals surface area contributed by atoms with Crippen LogP contribution in [0.3, 0.4) is 0 Å². The number of halogens is 5. The van der Waals surface area contributed by atoms with Crippen LogP contribution in [-0.4, -0.2) is 22.0 Å². The van der Waals surface area contributed by atoms with Gasteiger partial charge in [0, 0.05) is 5.56 Å². The highest BCUT2D eigenvalue weighted by Gasteiger charge is 2.30. The van der Waals surface area contributed by atoms with Gasteiger partial charge in [-0.15, -0.1) is 5.10 Å². The lowest BCUT2D eigenvalue weighted by atomic mass is 10.0. The molecular weight excluding hydrogens is 395 g/mol. The third kappa shape index (κ3) is 4.95. The summed E-state index contributed by atoms with van der Waals surface area (Å²) in [4.78, 5) is 0. The van der Waals surface area contributed by atoms with Crippen LogP contribution in [0.1, 0.15) is 22.4 Å². The molecule has 0 radical (unpaired) electrons. The van der Waals surface area contributed by atoms with Gasteiger partial charge in [0.05, 0.1) is 5.56 Å². The average molecular weight is 406 g/mol. The molecule has 0 saturated carbocycles. The molecule has 0 unspecified atom stereocenters. The fraction of sp³-hybridized carbons (Fsp3) is 0.105. The van der Waals surface area contributed by atoms with Gasteiger partial charge in [0.1, 0.15) is 17.5 Å². The Morgan fingerprint density at radius 1 is 1.07 bits per heavy atom. The summed E-state index contributed by atoms with van der Waals surface area (Å²) in [6.45, 7) is -3.08. The Kier molecular flexibility index (Phi) is 5.59. The summed E-state index contributed by atoms with van der Waals surface area (Å²) in [6, 6.07) is 10.5. The number of nitrogens with one attached hydrogen (secondary N) is 1. The number of nitriles is 1. The highest BCUT2D eigenvalue weighted by molar-refractivity contribution is 5.75. The van der Waals surface area contributed by atoms with Crippen molar-refractivity contribution in [1.82, 2.24) is 15.4 Å². The van der Waals surface area contributed by atoms with E-state index in [0.717, 1.165) is 12.1 Å². The first-order valence-electron chi connectivity index (χ1n) is 8.03. The van der Waals surface area contributed by atoms with Gasteiger partial charge in [-0.2, -0.15) is 27.2 Å². The van der Waals surface area contributed by atoms with Crippen molar-refractivity contribution in [1.29, 1.82) is 5.26 Å². The van der Waals surface area contributed by atoms with E-state index in [-0.39, 0.29) is 28.3 Å². The number of nitrogens with zero attached hydrogens (tertiary/aromatic N) is 3. The van der Waals surface area contributed by atoms with Gasteiger partial charge >= 0.3 is 12.8 Å². The SMILES string of the molecule is N#Cc1[nH]nnc1-c1cc(/C=C/c2cccc(C(F)(F)F)c2)cc(OC(F)F)c1. The maximum atomic E-state index is 12.8. The first-order chi connectivity index (χ1) is 13.8. The standard InChI is InChI=1S/C19H11F5N4O/c20-18(21)29-15-8-12(6-13(9-15)17-16(10-25)26-28-27-17)5-4-11-2-1-3-14(7-11)19(22,23)24/h1-9,18H,(H,26,27,28)/b5-4+. The molecule has 0 fully saturated rings. The lowest BCUT2D eigenvalue weighted by Gasteiger charge is -2.08. The molecule has 3 rings (SSSR count). The molecule has 148 valence electrons. The Balaban J connectivity index is 1.99. The zero-order chi connectivity index (χ0) is 21.0. The molecule has 0 bridgehead atoms. The van der Waals surface area contributed by atoms with Crippen molar-refractivity contribution in [3.05, 3.63) is 64.8 Å². The average Bonchev–Trinajstić information content (AvgIpc) is 3.14. The molecule has 5 nitrogen and oxygen atoms in total. The third-order valence-electron chi connectivity index (χ3n) is 3.77. The molecule has 0 atom stereocenters. The van der Waals surface area contributed by atoms with E-state index in [1.54, 1.807) is 0 Å². The molecule has 1 heterocycles. The molecule has 3 aromatic rings. The van der Waals surface area contributed by atoms with Crippen LogP contribution in [0.5, 0.6) is 5.75 Å². The second-order valence-corrected chi connectivity index (χ2v) is 5.77. The summed E-state index contributed by atoms with van der Waals surface area (Å²) < 4.78 is 68.2. The number of alkyl halides is 5. The highest BCUT2D eigenvalue weighted by atomic mass is 19.4. The highest BCUT2D eigenvalue weighted by Crippen LogP contribution is 2.31. The lowest BCUT2D eigenvalue weighted by Crippen LogP contribution is -2.04. The predicted molar refractivity (Wildman–Crippen MR) is 93.5 cm³/mol. The summed E-state index contributed by atoms with van der Waals surface area (Å²) >= 11 is 0. The molecule has 0 saturated heterocycles. The molecule has 10 heteroatoms. The Bertz CT molecular complexity index is 1080. The van der Waals surface area contributed by atoms with Crippen molar-refractivity contribution < 1.29 is 26.7 Å². The van der Waals surface area contributed by atoms with E-state index >= 15 is 0 Å². The summed E-state index contributed by atoms with van der Waals surface area (Å²) in [5.41, 5.74) is 0.227. The van der Waals surface area contributed by atoms with Crippen LogP contribution in [0.15, 0.2) is 42.5 Å². The topological polar surface area (TPSA) is 74.6 Å². The van der Waals surface area contributed by atoms with Crippen LogP contribution >= 0.6 is 0 Å². The molecule has 0 aliphatic heterocycles. The Morgan fingerprint density at radius 2 is 1.83 bits per heavy atom. The maximum Gasteiger partial charge on any atom is 0.416 e. The number of hydrogen-bond acceptors (Lipinski definition) is 4. The van der Waals surface area contributed by atoms with E-state index in [1.807, 2.05) is 6.07 Å². The number of rotatable bonds is 5.